The number of nitrogens with one attached hydrogen (secondary N) is 1. The highest BCUT2D eigenvalue weighted by Gasteiger charge is 2.38. The van der Waals surface area contributed by atoms with Gasteiger partial charge < -0.3 is 24.3 Å². The first-order valence-corrected chi connectivity index (χ1v) is 14.5. The maximum absolute atomic E-state index is 14.3. The lowest BCUT2D eigenvalue weighted by molar-refractivity contribution is -0.112. The van der Waals surface area contributed by atoms with Crippen LogP contribution in [0.15, 0.2) is 72.1 Å². The Labute approximate surface area is 293 Å². The van der Waals surface area contributed by atoms with Crippen molar-refractivity contribution in [2.75, 3.05) is 31.5 Å². The van der Waals surface area contributed by atoms with E-state index in [2.05, 4.69) is 15.3 Å². The number of anilines is 2. The Balaban J connectivity index is 0.000000275. The van der Waals surface area contributed by atoms with Crippen LogP contribution in [0.5, 0.6) is 28.9 Å². The van der Waals surface area contributed by atoms with Crippen molar-refractivity contribution in [3.05, 3.63) is 89.3 Å². The Morgan fingerprint density at radius 3 is 2.18 bits per heavy atom. The van der Waals surface area contributed by atoms with Gasteiger partial charge in [0.25, 0.3) is 5.88 Å². The van der Waals surface area contributed by atoms with Crippen LogP contribution in [-0.4, -0.2) is 78.9 Å². The molecule has 6 radical (unpaired) electrons. The summed E-state index contributed by atoms with van der Waals surface area (Å²) in [5, 5.41) is 0.839. The van der Waals surface area contributed by atoms with Gasteiger partial charge in [0.05, 0.1) is 31.6 Å². The summed E-state index contributed by atoms with van der Waals surface area (Å²) < 4.78 is 89.3. The third-order valence-corrected chi connectivity index (χ3v) is 6.60. The predicted molar refractivity (Wildman–Crippen MR) is 183 cm³/mol. The first-order valence-electron chi connectivity index (χ1n) is 14.5. The smallest absolute Gasteiger partial charge is 0.431 e. The molecule has 51 heavy (non-hydrogen) atoms. The van der Waals surface area contributed by atoms with Gasteiger partial charge in [-0.25, -0.2) is 13.8 Å². The summed E-state index contributed by atoms with van der Waals surface area (Å²) in [5.74, 6) is -1.22. The molecular formula is C33H28B3F5N4O6. The lowest BCUT2D eigenvalue weighted by Crippen LogP contribution is -2.37. The molecule has 2 heterocycles. The van der Waals surface area contributed by atoms with Gasteiger partial charge in [-0.15, -0.1) is 0 Å². The number of pyridine rings is 2. The first-order chi connectivity index (χ1) is 24.0. The Kier molecular flexibility index (Phi) is 13.2. The second-order valence-corrected chi connectivity index (χ2v) is 10.5. The number of rotatable bonds is 12. The third-order valence-electron chi connectivity index (χ3n) is 6.60. The van der Waals surface area contributed by atoms with E-state index in [1.54, 1.807) is 13.1 Å². The molecule has 0 saturated carbocycles. The van der Waals surface area contributed by atoms with Gasteiger partial charge in [0.1, 0.15) is 46.8 Å². The number of ether oxygens (including phenoxy) is 4. The maximum Gasteiger partial charge on any atom is 0.431 e. The van der Waals surface area contributed by atoms with Crippen LogP contribution in [0, 0.1) is 18.6 Å². The number of nitrogens with zero attached hydrogens (tertiary/aromatic N) is 3. The number of halogens is 5. The van der Waals surface area contributed by atoms with Crippen molar-refractivity contribution in [1.82, 2.24) is 9.97 Å². The van der Waals surface area contributed by atoms with Gasteiger partial charge in [-0.3, -0.25) is 19.5 Å². The zero-order valence-corrected chi connectivity index (χ0v) is 27.8. The van der Waals surface area contributed by atoms with E-state index in [1.165, 1.54) is 64.5 Å². The van der Waals surface area contributed by atoms with Crippen LogP contribution in [0.3, 0.4) is 0 Å². The topological polar surface area (TPSA) is 112 Å². The molecule has 2 aromatic carbocycles. The highest BCUT2D eigenvalue weighted by molar-refractivity contribution is 6.58. The van der Waals surface area contributed by atoms with Gasteiger partial charge in [-0.1, -0.05) is 6.08 Å². The van der Waals surface area contributed by atoms with E-state index in [4.69, 9.17) is 42.5 Å². The average Bonchev–Trinajstić information content (AvgIpc) is 3.07. The van der Waals surface area contributed by atoms with Crippen molar-refractivity contribution in [3.63, 3.8) is 0 Å². The van der Waals surface area contributed by atoms with E-state index in [-0.39, 0.29) is 51.9 Å². The van der Waals surface area contributed by atoms with Crippen molar-refractivity contribution in [1.29, 1.82) is 0 Å². The first kappa shape index (κ1) is 39.9. The predicted octanol–water partition coefficient (Wildman–Crippen LogP) is 5.80. The fourth-order valence-corrected chi connectivity index (χ4v) is 4.24. The second kappa shape index (κ2) is 16.9. The van der Waals surface area contributed by atoms with E-state index < -0.39 is 28.8 Å². The molecule has 18 heteroatoms. The Bertz CT molecular complexity index is 1960. The molecule has 0 unspecified atom stereocenters. The van der Waals surface area contributed by atoms with E-state index in [9.17, 15) is 31.5 Å². The summed E-state index contributed by atoms with van der Waals surface area (Å²) in [7, 11) is 20.4. The average molecular weight is 704 g/mol. The van der Waals surface area contributed by atoms with Gasteiger partial charge in [-0.05, 0) is 66.7 Å². The van der Waals surface area contributed by atoms with Crippen LogP contribution in [0.4, 0.5) is 33.3 Å². The fraction of sp³-hybridized carbons (Fsp3) is 0.212. The van der Waals surface area contributed by atoms with E-state index in [1.807, 2.05) is 0 Å². The minimum absolute atomic E-state index is 0.0192. The van der Waals surface area contributed by atoms with Crippen molar-refractivity contribution in [2.24, 2.45) is 0 Å². The fourth-order valence-electron chi connectivity index (χ4n) is 4.24. The van der Waals surface area contributed by atoms with Crippen LogP contribution < -0.4 is 29.2 Å². The lowest BCUT2D eigenvalue weighted by Gasteiger charge is -2.26. The van der Waals surface area contributed by atoms with E-state index in [0.29, 0.717) is 34.2 Å². The summed E-state index contributed by atoms with van der Waals surface area (Å²) in [6.07, 6.45) is -1.84. The molecule has 1 amide bonds. The van der Waals surface area contributed by atoms with Crippen molar-refractivity contribution < 1.29 is 50.5 Å². The molecule has 0 atom stereocenters. The number of benzene rings is 2. The number of aryl methyl sites for hydroxylation is 1. The molecule has 0 spiro atoms. The number of carbonyl (C=O) groups excluding carboxylic acids is 2. The van der Waals surface area contributed by atoms with E-state index in [0.717, 1.165) is 12.3 Å². The molecule has 0 aliphatic carbocycles. The number of fused-ring (bicyclic) bond motifs is 1. The highest BCUT2D eigenvalue weighted by atomic mass is 19.4. The van der Waals surface area contributed by atoms with Gasteiger partial charge >= 0.3 is 6.18 Å². The van der Waals surface area contributed by atoms with Crippen molar-refractivity contribution in [3.8, 4) is 28.9 Å². The molecule has 4 aromatic rings. The molecule has 0 aliphatic rings. The Hall–Kier alpha value is -5.54. The Morgan fingerprint density at radius 1 is 0.941 bits per heavy atom. The number of methoxy groups -OCH3 is 2. The van der Waals surface area contributed by atoms with Gasteiger partial charge in [0.2, 0.25) is 6.41 Å². The standard InChI is InChI=1S/C17H15F2N3O3.C16H13B3F3NO3/c1-20-9-4-5-13(10(18)6-9)25-16-11(19)8-21-12-7-14(23-2)17(24-3)22-15(12)16;1-10(8-24)3-6-14(15(20,21)22)23(9-25)13-5-4-12(7-11(13)2)26-16(17,18)19/h4-8,20H,1-3H3;3-9H,1-2H3/b;10-3+,14-6-. The molecule has 0 bridgehead atoms. The van der Waals surface area contributed by atoms with Gasteiger partial charge in [0, 0.05) is 24.9 Å². The number of alkyl halides is 3. The van der Waals surface area contributed by atoms with E-state index >= 15 is 0 Å². The largest absolute Gasteiger partial charge is 0.516 e. The zero-order valence-electron chi connectivity index (χ0n) is 27.8. The number of hydrogen-bond donors (Lipinski definition) is 1. The minimum atomic E-state index is -4.84. The van der Waals surface area contributed by atoms with Crippen LogP contribution in [0.1, 0.15) is 12.5 Å². The molecule has 10 nitrogen and oxygen atoms in total. The summed E-state index contributed by atoms with van der Waals surface area (Å²) in [6.45, 7) is 2.79. The number of amides is 1. The number of aromatic nitrogens is 2. The number of carbonyl (C=O) groups is 2. The van der Waals surface area contributed by atoms with Gasteiger partial charge in [-0.2, -0.15) is 13.2 Å². The molecule has 2 aromatic heterocycles. The minimum Gasteiger partial charge on any atom is -0.516 e. The Morgan fingerprint density at radius 2 is 1.65 bits per heavy atom. The third kappa shape index (κ3) is 10.5. The molecular weight excluding hydrogens is 676 g/mol. The van der Waals surface area contributed by atoms with Crippen LogP contribution in [-0.2, 0) is 9.59 Å². The molecule has 0 fully saturated rings. The molecule has 260 valence electrons. The van der Waals surface area contributed by atoms with Crippen molar-refractivity contribution in [2.45, 2.75) is 25.3 Å². The highest BCUT2D eigenvalue weighted by Crippen LogP contribution is 2.37. The maximum atomic E-state index is 14.3. The quantitative estimate of drug-likeness (QED) is 0.0643. The number of aldehydes is 1. The molecule has 0 aliphatic heterocycles. The molecule has 1 N–H and O–H groups in total. The van der Waals surface area contributed by atoms with Crippen LogP contribution in [0.25, 0.3) is 11.0 Å². The van der Waals surface area contributed by atoms with Crippen LogP contribution >= 0.6 is 0 Å². The second-order valence-electron chi connectivity index (χ2n) is 10.5. The summed E-state index contributed by atoms with van der Waals surface area (Å²) >= 11 is 0. The summed E-state index contributed by atoms with van der Waals surface area (Å²) in [6, 6.07) is 9.60. The molecule has 0 saturated heterocycles. The summed E-state index contributed by atoms with van der Waals surface area (Å²) in [4.78, 5) is 30.5. The zero-order chi connectivity index (χ0) is 38.1. The van der Waals surface area contributed by atoms with Crippen molar-refractivity contribution >= 4 is 58.6 Å². The monoisotopic (exact) mass is 704 g/mol. The lowest BCUT2D eigenvalue weighted by atomic mass is 9.52. The van der Waals surface area contributed by atoms with Crippen LogP contribution in [0.2, 0.25) is 0 Å². The normalized spacial score (nSPS) is 12.0. The summed E-state index contributed by atoms with van der Waals surface area (Å²) in [5.41, 5.74) is -0.0140. The molecule has 4 rings (SSSR count). The SMILES string of the molecule is CNc1ccc(Oc2c(F)cnc3cc(OC)c(OC)nc23)c(F)c1.[B]C([B])([B])Oc1ccc(N(C=O)/C(=C\C=C(/C)C=O)C(F)(F)F)c(C)c1. The number of allylic oxidation sites excluding steroid dienone is 4. The number of hydrogen-bond acceptors (Lipinski definition) is 9. The van der Waals surface area contributed by atoms with Gasteiger partial charge in [0.15, 0.2) is 28.9 Å².